The van der Waals surface area contributed by atoms with E-state index in [0.29, 0.717) is 0 Å². The predicted molar refractivity (Wildman–Crippen MR) is 249 cm³/mol. The van der Waals surface area contributed by atoms with E-state index >= 15 is 0 Å². The van der Waals surface area contributed by atoms with Crippen molar-refractivity contribution in [2.45, 2.75) is 0 Å². The van der Waals surface area contributed by atoms with Gasteiger partial charge in [0.2, 0.25) is 0 Å². The first-order chi connectivity index (χ1) is 29.8. The van der Waals surface area contributed by atoms with E-state index in [4.69, 9.17) is 9.47 Å². The Bertz CT molecular complexity index is 2970. The third-order valence-electron chi connectivity index (χ3n) is 12.7. The number of ether oxygens (including phenoxy) is 2. The zero-order chi connectivity index (χ0) is 39.3. The van der Waals surface area contributed by atoms with Crippen molar-refractivity contribution in [3.05, 3.63) is 206 Å². The Morgan fingerprint density at radius 3 is 1.10 bits per heavy atom. The first-order valence-electron chi connectivity index (χ1n) is 20.7. The molecule has 9 aromatic rings. The lowest BCUT2D eigenvalue weighted by molar-refractivity contribution is 0.466. The average molecular weight is 765 g/mol. The lowest BCUT2D eigenvalue weighted by Crippen LogP contribution is -2.63. The van der Waals surface area contributed by atoms with E-state index in [1.807, 2.05) is 0 Å². The van der Waals surface area contributed by atoms with E-state index in [-0.39, 0.29) is 13.4 Å². The van der Waals surface area contributed by atoms with Crippen molar-refractivity contribution < 1.29 is 9.47 Å². The molecule has 0 radical (unpaired) electrons. The fraction of sp³-hybridized carbons (Fsp3) is 0. The SMILES string of the molecule is c1ccc(-c2cc3c4c(c2)N(c2ccccc2)c2ccccc2B4c2cc4c(cc2O3)Oc2cc(-c3ccccc3)cc3c2B4c2ccccc2N3c2ccccc2)cc1. The molecule has 0 saturated heterocycles. The first-order valence-corrected chi connectivity index (χ1v) is 20.7. The van der Waals surface area contributed by atoms with Gasteiger partial charge in [-0.1, -0.05) is 140 Å². The Morgan fingerprint density at radius 1 is 0.283 bits per heavy atom. The van der Waals surface area contributed by atoms with Gasteiger partial charge >= 0.3 is 0 Å². The van der Waals surface area contributed by atoms with Crippen LogP contribution in [0.4, 0.5) is 34.1 Å². The van der Waals surface area contributed by atoms with Crippen LogP contribution >= 0.6 is 0 Å². The van der Waals surface area contributed by atoms with Gasteiger partial charge in [-0.05, 0) is 116 Å². The standard InChI is InChI=1S/C54H34B2N2O2/c1-5-17-35(18-6-1)37-29-47-53-51(31-37)59-49-34-50-44(33-43(49)55(53)41-25-13-15-27-45(41)57(47)39-21-9-3-10-22-39)56-42-26-14-16-28-46(42)58(40-23-11-4-12-24-40)48-30-38(32-52(60-50)54(48)56)36-19-7-2-8-20-36/h1-34H. The van der Waals surface area contributed by atoms with Crippen molar-refractivity contribution >= 4 is 80.3 Å². The molecule has 278 valence electrons. The van der Waals surface area contributed by atoms with Crippen LogP contribution in [0.2, 0.25) is 0 Å². The third-order valence-corrected chi connectivity index (χ3v) is 12.7. The summed E-state index contributed by atoms with van der Waals surface area (Å²) in [6.07, 6.45) is 0. The smallest absolute Gasteiger partial charge is 0.256 e. The third kappa shape index (κ3) is 4.88. The summed E-state index contributed by atoms with van der Waals surface area (Å²) < 4.78 is 14.3. The number of fused-ring (bicyclic) bond motifs is 8. The second-order valence-electron chi connectivity index (χ2n) is 16.0. The van der Waals surface area contributed by atoms with E-state index in [9.17, 15) is 0 Å². The molecular weight excluding hydrogens is 730 g/mol. The van der Waals surface area contributed by atoms with Gasteiger partial charge in [0, 0.05) is 40.2 Å². The molecule has 4 aliphatic rings. The normalized spacial score (nSPS) is 13.5. The summed E-state index contributed by atoms with van der Waals surface area (Å²) in [6, 6.07) is 74.1. The van der Waals surface area contributed by atoms with Crippen LogP contribution in [-0.4, -0.2) is 13.4 Å². The topological polar surface area (TPSA) is 24.9 Å². The fourth-order valence-electron chi connectivity index (χ4n) is 10.2. The number of nitrogens with zero attached hydrogens (tertiary/aromatic N) is 2. The van der Waals surface area contributed by atoms with Gasteiger partial charge in [0.25, 0.3) is 13.4 Å². The molecular formula is C54H34B2N2O2. The average Bonchev–Trinajstić information content (AvgIpc) is 3.31. The second kappa shape index (κ2) is 12.9. The minimum Gasteiger partial charge on any atom is -0.458 e. The van der Waals surface area contributed by atoms with Crippen LogP contribution in [0.5, 0.6) is 23.0 Å². The van der Waals surface area contributed by atoms with Gasteiger partial charge in [0.1, 0.15) is 23.0 Å². The molecule has 0 atom stereocenters. The number of benzene rings is 9. The molecule has 13 rings (SSSR count). The predicted octanol–water partition coefficient (Wildman–Crippen LogP) is 9.83. The molecule has 0 unspecified atom stereocenters. The molecule has 6 heteroatoms. The molecule has 0 spiro atoms. The Morgan fingerprint density at radius 2 is 0.667 bits per heavy atom. The monoisotopic (exact) mass is 764 g/mol. The maximum absolute atomic E-state index is 7.17. The summed E-state index contributed by atoms with van der Waals surface area (Å²) in [5.74, 6) is 3.38. The number of anilines is 6. The van der Waals surface area contributed by atoms with Crippen LogP contribution < -0.4 is 52.1 Å². The molecule has 4 nitrogen and oxygen atoms in total. The second-order valence-corrected chi connectivity index (χ2v) is 16.0. The van der Waals surface area contributed by atoms with Crippen molar-refractivity contribution in [1.29, 1.82) is 0 Å². The minimum atomic E-state index is -0.0639. The van der Waals surface area contributed by atoms with Crippen molar-refractivity contribution in [1.82, 2.24) is 0 Å². The lowest BCUT2D eigenvalue weighted by atomic mass is 9.31. The van der Waals surface area contributed by atoms with Crippen molar-refractivity contribution in [2.24, 2.45) is 0 Å². The molecule has 0 N–H and O–H groups in total. The Kier molecular flexibility index (Phi) is 7.16. The molecule has 0 saturated carbocycles. The molecule has 60 heavy (non-hydrogen) atoms. The Balaban J connectivity index is 1.06. The molecule has 9 aromatic carbocycles. The van der Waals surface area contributed by atoms with Gasteiger partial charge in [-0.25, -0.2) is 0 Å². The summed E-state index contributed by atoms with van der Waals surface area (Å²) in [6.45, 7) is -0.128. The summed E-state index contributed by atoms with van der Waals surface area (Å²) >= 11 is 0. The Hall–Kier alpha value is -7.69. The van der Waals surface area contributed by atoms with Gasteiger partial charge in [-0.3, -0.25) is 0 Å². The molecule has 0 fully saturated rings. The van der Waals surface area contributed by atoms with E-state index in [1.54, 1.807) is 0 Å². The number of rotatable bonds is 4. The molecule has 4 heterocycles. The van der Waals surface area contributed by atoms with Gasteiger partial charge in [0.15, 0.2) is 0 Å². The van der Waals surface area contributed by atoms with Crippen LogP contribution in [0.15, 0.2) is 206 Å². The zero-order valence-electron chi connectivity index (χ0n) is 32.5. The summed E-state index contributed by atoms with van der Waals surface area (Å²) in [5.41, 5.74) is 18.5. The highest BCUT2D eigenvalue weighted by atomic mass is 16.5. The van der Waals surface area contributed by atoms with Gasteiger partial charge in [-0.15, -0.1) is 0 Å². The van der Waals surface area contributed by atoms with Crippen molar-refractivity contribution in [3.8, 4) is 45.3 Å². The van der Waals surface area contributed by atoms with Crippen LogP contribution in [0.3, 0.4) is 0 Å². The number of hydrogen-bond donors (Lipinski definition) is 0. The largest absolute Gasteiger partial charge is 0.458 e. The highest BCUT2D eigenvalue weighted by Gasteiger charge is 2.46. The van der Waals surface area contributed by atoms with Gasteiger partial charge < -0.3 is 19.3 Å². The molecule has 0 bridgehead atoms. The quantitative estimate of drug-likeness (QED) is 0.167. The van der Waals surface area contributed by atoms with Crippen LogP contribution in [0.25, 0.3) is 22.3 Å². The van der Waals surface area contributed by atoms with Crippen LogP contribution in [-0.2, 0) is 0 Å². The molecule has 0 amide bonds. The maximum atomic E-state index is 7.17. The first kappa shape index (κ1) is 33.3. The maximum Gasteiger partial charge on any atom is 0.256 e. The van der Waals surface area contributed by atoms with Crippen LogP contribution in [0.1, 0.15) is 0 Å². The summed E-state index contributed by atoms with van der Waals surface area (Å²) in [4.78, 5) is 4.82. The van der Waals surface area contributed by atoms with Crippen LogP contribution in [0, 0.1) is 0 Å². The number of para-hydroxylation sites is 4. The number of hydrogen-bond acceptors (Lipinski definition) is 4. The van der Waals surface area contributed by atoms with Crippen molar-refractivity contribution in [2.75, 3.05) is 9.80 Å². The highest BCUT2D eigenvalue weighted by molar-refractivity contribution is 7.02. The minimum absolute atomic E-state index is 0.0639. The molecule has 0 aliphatic carbocycles. The molecule has 4 aliphatic heterocycles. The van der Waals surface area contributed by atoms with E-state index < -0.39 is 0 Å². The summed E-state index contributed by atoms with van der Waals surface area (Å²) in [5, 5.41) is 0. The van der Waals surface area contributed by atoms with Crippen molar-refractivity contribution in [3.63, 3.8) is 0 Å². The van der Waals surface area contributed by atoms with E-state index in [1.165, 1.54) is 33.2 Å². The highest BCUT2D eigenvalue weighted by Crippen LogP contribution is 2.46. The molecule has 0 aromatic heterocycles. The van der Waals surface area contributed by atoms with E-state index in [2.05, 4.69) is 216 Å². The van der Waals surface area contributed by atoms with Gasteiger partial charge in [-0.2, -0.15) is 0 Å². The fourth-order valence-corrected chi connectivity index (χ4v) is 10.2. The zero-order valence-corrected chi connectivity index (χ0v) is 32.5. The lowest BCUT2D eigenvalue weighted by Gasteiger charge is -2.42. The van der Waals surface area contributed by atoms with Gasteiger partial charge in [0.05, 0.1) is 0 Å². The van der Waals surface area contributed by atoms with E-state index in [0.717, 1.165) is 78.9 Å². The Labute approximate surface area is 349 Å². The summed E-state index contributed by atoms with van der Waals surface area (Å²) in [7, 11) is 0.